The molecule has 0 radical (unpaired) electrons. The third-order valence-corrected chi connectivity index (χ3v) is 1.66. The lowest BCUT2D eigenvalue weighted by Crippen LogP contribution is -2.10. The highest BCUT2D eigenvalue weighted by atomic mass is 16.5. The van der Waals surface area contributed by atoms with Gasteiger partial charge in [0.15, 0.2) is 0 Å². The Morgan fingerprint density at radius 2 is 1.79 bits per heavy atom. The summed E-state index contributed by atoms with van der Waals surface area (Å²) in [6.45, 7) is 0.00792. The van der Waals surface area contributed by atoms with Crippen LogP contribution in [0.2, 0.25) is 0 Å². The van der Waals surface area contributed by atoms with Gasteiger partial charge in [0.1, 0.15) is 5.75 Å². The first-order chi connectivity index (χ1) is 6.80. The second-order valence-corrected chi connectivity index (χ2v) is 2.63. The second-order valence-electron chi connectivity index (χ2n) is 2.63. The number of hydrogen-bond acceptors (Lipinski definition) is 2. The van der Waals surface area contributed by atoms with Crippen molar-refractivity contribution in [2.75, 3.05) is 0 Å². The predicted molar refractivity (Wildman–Crippen MR) is 54.4 cm³/mol. The van der Waals surface area contributed by atoms with Crippen LogP contribution >= 0.6 is 0 Å². The van der Waals surface area contributed by atoms with E-state index in [0.717, 1.165) is 5.56 Å². The molecule has 0 heterocycles. The van der Waals surface area contributed by atoms with Gasteiger partial charge in [0.25, 0.3) is 0 Å². The van der Waals surface area contributed by atoms with E-state index in [9.17, 15) is 0 Å². The van der Waals surface area contributed by atoms with Crippen LogP contribution in [0.3, 0.4) is 0 Å². The summed E-state index contributed by atoms with van der Waals surface area (Å²) in [6, 6.07) is 6.93. The van der Waals surface area contributed by atoms with Gasteiger partial charge >= 0.3 is 0 Å². The van der Waals surface area contributed by atoms with Crippen LogP contribution in [-0.2, 0) is 6.61 Å². The van der Waals surface area contributed by atoms with E-state index in [1.54, 1.807) is 24.3 Å². The van der Waals surface area contributed by atoms with Crippen molar-refractivity contribution in [1.82, 2.24) is 0 Å². The molecule has 0 aliphatic rings. The fraction of sp³-hybridized carbons (Fsp3) is 0.167. The number of benzene rings is 1. The molecular weight excluding hydrogens is 176 g/mol. The van der Waals surface area contributed by atoms with Crippen LogP contribution in [0.5, 0.6) is 5.75 Å². The van der Waals surface area contributed by atoms with E-state index < -0.39 is 6.10 Å². The first kappa shape index (κ1) is 10.2. The van der Waals surface area contributed by atoms with Crippen molar-refractivity contribution in [3.63, 3.8) is 0 Å². The summed E-state index contributed by atoms with van der Waals surface area (Å²) < 4.78 is 5.26. The maximum absolute atomic E-state index is 8.80. The van der Waals surface area contributed by atoms with Gasteiger partial charge in [-0.05, 0) is 29.5 Å². The van der Waals surface area contributed by atoms with Gasteiger partial charge in [0, 0.05) is 0 Å². The quantitative estimate of drug-likeness (QED) is 0.718. The maximum atomic E-state index is 8.80. The van der Waals surface area contributed by atoms with Crippen LogP contribution in [0.15, 0.2) is 24.3 Å². The highest BCUT2D eigenvalue weighted by Crippen LogP contribution is 2.13. The fourth-order valence-electron chi connectivity index (χ4n) is 0.926. The molecule has 2 heteroatoms. The molecule has 0 saturated carbocycles. The Hall–Kier alpha value is -1.90. The smallest absolute Gasteiger partial charge is 0.220 e. The predicted octanol–water partition coefficient (Wildman–Crippen LogP) is 1.19. The Morgan fingerprint density at radius 1 is 1.21 bits per heavy atom. The largest absolute Gasteiger partial charge is 0.466 e. The van der Waals surface area contributed by atoms with E-state index >= 15 is 0 Å². The third-order valence-electron chi connectivity index (χ3n) is 1.66. The number of terminal acetylenes is 2. The topological polar surface area (TPSA) is 29.5 Å². The molecule has 0 saturated heterocycles. The Morgan fingerprint density at radius 3 is 2.21 bits per heavy atom. The lowest BCUT2D eigenvalue weighted by Gasteiger charge is -2.07. The van der Waals surface area contributed by atoms with Gasteiger partial charge in [-0.1, -0.05) is 12.1 Å². The molecule has 0 fully saturated rings. The molecule has 0 bridgehead atoms. The minimum Gasteiger partial charge on any atom is -0.466 e. The van der Waals surface area contributed by atoms with Gasteiger partial charge in [0.05, 0.1) is 6.61 Å². The summed E-state index contributed by atoms with van der Waals surface area (Å²) in [5, 5.41) is 8.80. The molecule has 2 nitrogen and oxygen atoms in total. The first-order valence-corrected chi connectivity index (χ1v) is 4.09. The van der Waals surface area contributed by atoms with Crippen LogP contribution in [-0.4, -0.2) is 11.2 Å². The first-order valence-electron chi connectivity index (χ1n) is 4.09. The average Bonchev–Trinajstić information content (AvgIpc) is 2.26. The van der Waals surface area contributed by atoms with Crippen molar-refractivity contribution >= 4 is 0 Å². The van der Waals surface area contributed by atoms with E-state index in [2.05, 4.69) is 11.8 Å². The van der Waals surface area contributed by atoms with Crippen molar-refractivity contribution < 1.29 is 9.84 Å². The Kier molecular flexibility index (Phi) is 3.61. The lowest BCUT2D eigenvalue weighted by molar-refractivity contribution is 0.281. The van der Waals surface area contributed by atoms with Gasteiger partial charge in [-0.15, -0.1) is 12.8 Å². The van der Waals surface area contributed by atoms with Crippen LogP contribution < -0.4 is 4.74 Å². The summed E-state index contributed by atoms with van der Waals surface area (Å²) in [5.41, 5.74) is 0.815. The van der Waals surface area contributed by atoms with Gasteiger partial charge in [-0.2, -0.15) is 0 Å². The number of hydrogen-bond donors (Lipinski definition) is 1. The van der Waals surface area contributed by atoms with Gasteiger partial charge in [0.2, 0.25) is 6.10 Å². The average molecular weight is 186 g/mol. The summed E-state index contributed by atoms with van der Waals surface area (Å²) in [5.74, 6) is 5.24. The monoisotopic (exact) mass is 186 g/mol. The lowest BCUT2D eigenvalue weighted by atomic mass is 10.2. The highest BCUT2D eigenvalue weighted by Gasteiger charge is 2.01. The SMILES string of the molecule is C#CC(C#C)Oc1ccc(CO)cc1. The molecule has 1 rings (SSSR count). The summed E-state index contributed by atoms with van der Waals surface area (Å²) in [4.78, 5) is 0. The fourth-order valence-corrected chi connectivity index (χ4v) is 0.926. The Bertz CT molecular complexity index is 351. The van der Waals surface area contributed by atoms with Crippen molar-refractivity contribution in [2.45, 2.75) is 12.7 Å². The zero-order chi connectivity index (χ0) is 10.4. The molecule has 0 unspecified atom stereocenters. The van der Waals surface area contributed by atoms with Gasteiger partial charge in [-0.3, -0.25) is 0 Å². The van der Waals surface area contributed by atoms with Gasteiger partial charge in [-0.25, -0.2) is 0 Å². The second kappa shape index (κ2) is 4.97. The molecule has 0 amide bonds. The van der Waals surface area contributed by atoms with Gasteiger partial charge < -0.3 is 9.84 Å². The molecule has 0 aliphatic carbocycles. The molecule has 70 valence electrons. The van der Waals surface area contributed by atoms with Crippen molar-refractivity contribution in [2.24, 2.45) is 0 Å². The molecule has 0 aromatic heterocycles. The van der Waals surface area contributed by atoms with E-state index in [1.165, 1.54) is 0 Å². The summed E-state index contributed by atoms with van der Waals surface area (Å²) in [7, 11) is 0. The molecule has 0 aliphatic heterocycles. The minimum absolute atomic E-state index is 0.00792. The van der Waals surface area contributed by atoms with Crippen molar-refractivity contribution in [1.29, 1.82) is 0 Å². The molecule has 1 aromatic rings. The normalized spacial score (nSPS) is 9.14. The molecule has 1 aromatic carbocycles. The summed E-state index contributed by atoms with van der Waals surface area (Å²) >= 11 is 0. The molecule has 14 heavy (non-hydrogen) atoms. The summed E-state index contributed by atoms with van der Waals surface area (Å²) in [6.07, 6.45) is 9.62. The Balaban J connectivity index is 2.70. The highest BCUT2D eigenvalue weighted by molar-refractivity contribution is 5.29. The van der Waals surface area contributed by atoms with Crippen molar-refractivity contribution in [3.8, 4) is 30.4 Å². The maximum Gasteiger partial charge on any atom is 0.220 e. The number of ether oxygens (including phenoxy) is 1. The molecule has 1 N–H and O–H groups in total. The van der Waals surface area contributed by atoms with Crippen molar-refractivity contribution in [3.05, 3.63) is 29.8 Å². The standard InChI is InChI=1S/C12H10O2/c1-3-11(4-2)14-12-7-5-10(9-13)6-8-12/h1-2,5-8,11,13H,9H2. The molecule has 0 spiro atoms. The van der Waals surface area contributed by atoms with E-state index in [0.29, 0.717) is 5.75 Å². The number of aliphatic hydroxyl groups excluding tert-OH is 1. The van der Waals surface area contributed by atoms with Crippen LogP contribution in [0.4, 0.5) is 0 Å². The van der Waals surface area contributed by atoms with E-state index in [4.69, 9.17) is 22.7 Å². The zero-order valence-electron chi connectivity index (χ0n) is 7.60. The van der Waals surface area contributed by atoms with Crippen LogP contribution in [0.1, 0.15) is 5.56 Å². The van der Waals surface area contributed by atoms with E-state index in [-0.39, 0.29) is 6.61 Å². The molecular formula is C12H10O2. The van der Waals surface area contributed by atoms with Crippen LogP contribution in [0, 0.1) is 24.7 Å². The van der Waals surface area contributed by atoms with E-state index in [1.807, 2.05) is 0 Å². The molecule has 0 atom stereocenters. The Labute approximate surface area is 83.5 Å². The number of rotatable bonds is 3. The number of aliphatic hydroxyl groups is 1. The minimum atomic E-state index is -0.644. The zero-order valence-corrected chi connectivity index (χ0v) is 7.60. The third kappa shape index (κ3) is 2.55. The van der Waals surface area contributed by atoms with Crippen LogP contribution in [0.25, 0.3) is 0 Å².